The summed E-state index contributed by atoms with van der Waals surface area (Å²) in [6.07, 6.45) is 2.31. The predicted octanol–water partition coefficient (Wildman–Crippen LogP) is 4.04. The monoisotopic (exact) mass is 304 g/mol. The van der Waals surface area contributed by atoms with E-state index >= 15 is 0 Å². The van der Waals surface area contributed by atoms with Crippen molar-refractivity contribution in [2.24, 2.45) is 11.8 Å². The van der Waals surface area contributed by atoms with E-state index in [0.29, 0.717) is 5.92 Å². The van der Waals surface area contributed by atoms with Crippen LogP contribution in [-0.2, 0) is 0 Å². The van der Waals surface area contributed by atoms with Gasteiger partial charge in [0.2, 0.25) is 0 Å². The van der Waals surface area contributed by atoms with Crippen LogP contribution in [0, 0.1) is 5.92 Å². The Morgan fingerprint density at radius 3 is 2.69 bits per heavy atom. The van der Waals surface area contributed by atoms with Gasteiger partial charge in [-0.15, -0.1) is 0 Å². The fourth-order valence-corrected chi connectivity index (χ4v) is 2.43. The average molecular weight is 306 g/mol. The van der Waals surface area contributed by atoms with Gasteiger partial charge < -0.3 is 0 Å². The maximum absolute atomic E-state index is 5.97. The topological polar surface area (TPSA) is 38.0 Å². The van der Waals surface area contributed by atoms with Gasteiger partial charge in [0.1, 0.15) is 0 Å². The third-order valence-corrected chi connectivity index (χ3v) is 4.01. The SMILES string of the molecule is CCCC(C)C(NN)c1ccc(Cl)c(Br)c1. The van der Waals surface area contributed by atoms with Crippen molar-refractivity contribution < 1.29 is 0 Å². The van der Waals surface area contributed by atoms with E-state index in [1.165, 1.54) is 5.56 Å². The average Bonchev–Trinajstić information content (AvgIpc) is 2.25. The van der Waals surface area contributed by atoms with E-state index in [9.17, 15) is 0 Å². The van der Waals surface area contributed by atoms with Crippen LogP contribution in [0.15, 0.2) is 22.7 Å². The summed E-state index contributed by atoms with van der Waals surface area (Å²) in [4.78, 5) is 0. The number of nitrogens with one attached hydrogen (secondary N) is 1. The molecular formula is C12H18BrClN2. The first-order valence-electron chi connectivity index (χ1n) is 5.51. The smallest absolute Gasteiger partial charge is 0.0548 e. The maximum Gasteiger partial charge on any atom is 0.0548 e. The number of benzene rings is 1. The fraction of sp³-hybridized carbons (Fsp3) is 0.500. The van der Waals surface area contributed by atoms with Crippen molar-refractivity contribution in [2.75, 3.05) is 0 Å². The highest BCUT2D eigenvalue weighted by Gasteiger charge is 2.17. The molecule has 0 saturated heterocycles. The molecule has 3 N–H and O–H groups in total. The van der Waals surface area contributed by atoms with Crippen LogP contribution in [0.3, 0.4) is 0 Å². The first kappa shape index (κ1) is 14.0. The van der Waals surface area contributed by atoms with E-state index in [-0.39, 0.29) is 6.04 Å². The van der Waals surface area contributed by atoms with Crippen LogP contribution in [0.25, 0.3) is 0 Å². The Kier molecular flexibility index (Phi) is 5.76. The molecule has 0 aliphatic rings. The molecule has 0 saturated carbocycles. The molecule has 2 nitrogen and oxygen atoms in total. The number of hydrazine groups is 1. The summed E-state index contributed by atoms with van der Waals surface area (Å²) in [5.41, 5.74) is 4.05. The third-order valence-electron chi connectivity index (χ3n) is 2.80. The first-order valence-corrected chi connectivity index (χ1v) is 6.68. The van der Waals surface area contributed by atoms with E-state index < -0.39 is 0 Å². The van der Waals surface area contributed by atoms with Gasteiger partial charge >= 0.3 is 0 Å². The molecule has 2 atom stereocenters. The molecule has 1 aromatic rings. The van der Waals surface area contributed by atoms with Crippen molar-refractivity contribution in [3.05, 3.63) is 33.3 Å². The highest BCUT2D eigenvalue weighted by atomic mass is 79.9. The van der Waals surface area contributed by atoms with Gasteiger partial charge in [0.05, 0.1) is 5.02 Å². The zero-order valence-electron chi connectivity index (χ0n) is 9.63. The quantitative estimate of drug-likeness (QED) is 0.636. The molecular weight excluding hydrogens is 288 g/mol. The molecule has 0 spiro atoms. The van der Waals surface area contributed by atoms with E-state index in [0.717, 1.165) is 22.3 Å². The minimum atomic E-state index is 0.175. The van der Waals surface area contributed by atoms with Crippen LogP contribution >= 0.6 is 27.5 Å². The molecule has 16 heavy (non-hydrogen) atoms. The fourth-order valence-electron chi connectivity index (χ4n) is 1.92. The minimum absolute atomic E-state index is 0.175. The van der Waals surface area contributed by atoms with Gasteiger partial charge in [-0.3, -0.25) is 11.3 Å². The van der Waals surface area contributed by atoms with Gasteiger partial charge in [0.15, 0.2) is 0 Å². The Hall–Kier alpha value is -0.0900. The summed E-state index contributed by atoms with van der Waals surface area (Å²) < 4.78 is 0.913. The molecule has 0 aliphatic heterocycles. The van der Waals surface area contributed by atoms with E-state index in [2.05, 4.69) is 35.2 Å². The van der Waals surface area contributed by atoms with Crippen molar-refractivity contribution >= 4 is 27.5 Å². The van der Waals surface area contributed by atoms with Crippen LogP contribution in [0.5, 0.6) is 0 Å². The highest BCUT2D eigenvalue weighted by Crippen LogP contribution is 2.30. The van der Waals surface area contributed by atoms with Crippen molar-refractivity contribution in [3.63, 3.8) is 0 Å². The summed E-state index contributed by atoms with van der Waals surface area (Å²) in [6, 6.07) is 6.11. The number of hydrogen-bond donors (Lipinski definition) is 2. The van der Waals surface area contributed by atoms with Crippen LogP contribution in [0.2, 0.25) is 5.02 Å². The number of rotatable bonds is 5. The molecule has 2 unspecified atom stereocenters. The number of hydrogen-bond acceptors (Lipinski definition) is 2. The summed E-state index contributed by atoms with van der Waals surface area (Å²) in [6.45, 7) is 4.39. The zero-order chi connectivity index (χ0) is 12.1. The molecule has 1 aromatic carbocycles. The molecule has 0 aliphatic carbocycles. The molecule has 0 heterocycles. The summed E-state index contributed by atoms with van der Waals surface area (Å²) >= 11 is 9.40. The predicted molar refractivity (Wildman–Crippen MR) is 73.3 cm³/mol. The molecule has 0 radical (unpaired) electrons. The third kappa shape index (κ3) is 3.45. The van der Waals surface area contributed by atoms with Crippen LogP contribution in [0.1, 0.15) is 38.3 Å². The van der Waals surface area contributed by atoms with E-state index in [1.54, 1.807) is 0 Å². The van der Waals surface area contributed by atoms with Gasteiger partial charge in [-0.25, -0.2) is 0 Å². The van der Waals surface area contributed by atoms with Gasteiger partial charge in [0.25, 0.3) is 0 Å². The van der Waals surface area contributed by atoms with E-state index in [1.807, 2.05) is 18.2 Å². The number of nitrogens with two attached hydrogens (primary N) is 1. The second-order valence-corrected chi connectivity index (χ2v) is 5.35. The molecule has 0 fully saturated rings. The lowest BCUT2D eigenvalue weighted by molar-refractivity contribution is 0.368. The Morgan fingerprint density at radius 1 is 1.50 bits per heavy atom. The Bertz CT molecular complexity index is 344. The highest BCUT2D eigenvalue weighted by molar-refractivity contribution is 9.10. The summed E-state index contributed by atoms with van der Waals surface area (Å²) in [5.74, 6) is 6.13. The van der Waals surface area contributed by atoms with Crippen molar-refractivity contribution in [1.29, 1.82) is 0 Å². The number of halogens is 2. The lowest BCUT2D eigenvalue weighted by Crippen LogP contribution is -2.32. The second kappa shape index (κ2) is 6.60. The van der Waals surface area contributed by atoms with Gasteiger partial charge in [0, 0.05) is 10.5 Å². The second-order valence-electron chi connectivity index (χ2n) is 4.08. The largest absolute Gasteiger partial charge is 0.271 e. The Balaban J connectivity index is 2.90. The van der Waals surface area contributed by atoms with Gasteiger partial charge in [-0.2, -0.15) is 0 Å². The van der Waals surface area contributed by atoms with E-state index in [4.69, 9.17) is 17.4 Å². The van der Waals surface area contributed by atoms with Crippen molar-refractivity contribution in [1.82, 2.24) is 5.43 Å². The molecule has 90 valence electrons. The Morgan fingerprint density at radius 2 is 2.19 bits per heavy atom. The molecule has 0 aromatic heterocycles. The van der Waals surface area contributed by atoms with Crippen LogP contribution < -0.4 is 11.3 Å². The normalized spacial score (nSPS) is 14.8. The standard InChI is InChI=1S/C12H18BrClN2/c1-3-4-8(2)12(16-15)9-5-6-11(14)10(13)7-9/h5-8,12,16H,3-4,15H2,1-2H3. The van der Waals surface area contributed by atoms with Gasteiger partial charge in [-0.1, -0.05) is 37.9 Å². The summed E-state index contributed by atoms with van der Waals surface area (Å²) in [5, 5.41) is 0.725. The Labute approximate surface area is 111 Å². The minimum Gasteiger partial charge on any atom is -0.271 e. The van der Waals surface area contributed by atoms with Crippen molar-refractivity contribution in [2.45, 2.75) is 32.7 Å². The molecule has 0 bridgehead atoms. The maximum atomic E-state index is 5.97. The lowest BCUT2D eigenvalue weighted by atomic mass is 9.91. The first-order chi connectivity index (χ1) is 7.60. The zero-order valence-corrected chi connectivity index (χ0v) is 12.0. The molecule has 0 amide bonds. The molecule has 4 heteroatoms. The van der Waals surface area contributed by atoms with Crippen LogP contribution in [-0.4, -0.2) is 0 Å². The lowest BCUT2D eigenvalue weighted by Gasteiger charge is -2.23. The van der Waals surface area contributed by atoms with Crippen LogP contribution in [0.4, 0.5) is 0 Å². The van der Waals surface area contributed by atoms with Crippen molar-refractivity contribution in [3.8, 4) is 0 Å². The molecule has 1 rings (SSSR count). The van der Waals surface area contributed by atoms with Gasteiger partial charge in [-0.05, 0) is 46.0 Å². The summed E-state index contributed by atoms with van der Waals surface area (Å²) in [7, 11) is 0.